The molecule has 0 radical (unpaired) electrons. The summed E-state index contributed by atoms with van der Waals surface area (Å²) in [6, 6.07) is 12.9. The van der Waals surface area contributed by atoms with Gasteiger partial charge in [0.1, 0.15) is 0 Å². The maximum absolute atomic E-state index is 12.2. The van der Waals surface area contributed by atoms with E-state index in [0.717, 1.165) is 11.1 Å². The van der Waals surface area contributed by atoms with Crippen LogP contribution in [0.1, 0.15) is 23.0 Å². The predicted molar refractivity (Wildman–Crippen MR) is 86.4 cm³/mol. The minimum atomic E-state index is -0.279. The SMILES string of the molecule is O=C1NCC(c2cccc(Cl)c2)C1c1ccc(Cl)c(Cl)c1. The summed E-state index contributed by atoms with van der Waals surface area (Å²) < 4.78 is 0. The predicted octanol–water partition coefficient (Wildman–Crippen LogP) is 4.64. The van der Waals surface area contributed by atoms with Crippen LogP contribution in [-0.2, 0) is 4.79 Å². The van der Waals surface area contributed by atoms with E-state index in [1.807, 2.05) is 30.3 Å². The van der Waals surface area contributed by atoms with E-state index >= 15 is 0 Å². The lowest BCUT2D eigenvalue weighted by atomic mass is 9.84. The van der Waals surface area contributed by atoms with E-state index < -0.39 is 0 Å². The van der Waals surface area contributed by atoms with Crippen molar-refractivity contribution in [3.8, 4) is 0 Å². The molecule has 1 N–H and O–H groups in total. The van der Waals surface area contributed by atoms with E-state index in [1.165, 1.54) is 0 Å². The highest BCUT2D eigenvalue weighted by Gasteiger charge is 2.37. The number of hydrogen-bond acceptors (Lipinski definition) is 1. The van der Waals surface area contributed by atoms with Crippen LogP contribution in [0, 0.1) is 0 Å². The van der Waals surface area contributed by atoms with Gasteiger partial charge in [0.25, 0.3) is 0 Å². The molecule has 2 nitrogen and oxygen atoms in total. The summed E-state index contributed by atoms with van der Waals surface area (Å²) in [6.45, 7) is 0.587. The number of nitrogens with one attached hydrogen (secondary N) is 1. The van der Waals surface area contributed by atoms with Crippen molar-refractivity contribution in [2.45, 2.75) is 11.8 Å². The van der Waals surface area contributed by atoms with Gasteiger partial charge >= 0.3 is 0 Å². The summed E-state index contributed by atoms with van der Waals surface area (Å²) in [6.07, 6.45) is 0. The normalized spacial score (nSPS) is 21.4. The lowest BCUT2D eigenvalue weighted by Crippen LogP contribution is -2.18. The second-order valence-corrected chi connectivity index (χ2v) is 6.31. The van der Waals surface area contributed by atoms with Crippen molar-refractivity contribution in [2.75, 3.05) is 6.54 Å². The van der Waals surface area contributed by atoms with Crippen LogP contribution in [0.4, 0.5) is 0 Å². The fourth-order valence-electron chi connectivity index (χ4n) is 2.76. The molecule has 1 amide bonds. The van der Waals surface area contributed by atoms with E-state index in [-0.39, 0.29) is 17.7 Å². The fraction of sp³-hybridized carbons (Fsp3) is 0.188. The van der Waals surface area contributed by atoms with Crippen molar-refractivity contribution < 1.29 is 4.79 Å². The first kappa shape index (κ1) is 14.7. The maximum atomic E-state index is 12.2. The molecule has 0 spiro atoms. The van der Waals surface area contributed by atoms with Gasteiger partial charge in [0.05, 0.1) is 16.0 Å². The molecular weight excluding hydrogens is 329 g/mol. The first-order valence-corrected chi connectivity index (χ1v) is 7.68. The molecule has 1 heterocycles. The molecule has 0 aromatic heterocycles. The van der Waals surface area contributed by atoms with Crippen molar-refractivity contribution in [3.63, 3.8) is 0 Å². The molecule has 5 heteroatoms. The average molecular weight is 341 g/mol. The Morgan fingerprint density at radius 2 is 1.76 bits per heavy atom. The Balaban J connectivity index is 2.01. The Bertz CT molecular complexity index is 702. The zero-order valence-electron chi connectivity index (χ0n) is 10.9. The Morgan fingerprint density at radius 3 is 2.48 bits per heavy atom. The minimum Gasteiger partial charge on any atom is -0.355 e. The van der Waals surface area contributed by atoms with Crippen molar-refractivity contribution in [3.05, 3.63) is 68.7 Å². The molecule has 108 valence electrons. The monoisotopic (exact) mass is 339 g/mol. The van der Waals surface area contributed by atoms with Gasteiger partial charge in [0.2, 0.25) is 5.91 Å². The quantitative estimate of drug-likeness (QED) is 0.847. The highest BCUT2D eigenvalue weighted by atomic mass is 35.5. The number of carbonyl (C=O) groups excluding carboxylic acids is 1. The highest BCUT2D eigenvalue weighted by molar-refractivity contribution is 6.42. The van der Waals surface area contributed by atoms with Gasteiger partial charge in [-0.2, -0.15) is 0 Å². The summed E-state index contributed by atoms with van der Waals surface area (Å²) in [7, 11) is 0. The van der Waals surface area contributed by atoms with Crippen LogP contribution < -0.4 is 5.32 Å². The van der Waals surface area contributed by atoms with Gasteiger partial charge in [0.15, 0.2) is 0 Å². The van der Waals surface area contributed by atoms with Gasteiger partial charge in [-0.1, -0.05) is 53.0 Å². The Labute approximate surface area is 138 Å². The molecule has 2 atom stereocenters. The summed E-state index contributed by atoms with van der Waals surface area (Å²) in [5.74, 6) is -0.245. The van der Waals surface area contributed by atoms with Crippen molar-refractivity contribution in [2.24, 2.45) is 0 Å². The molecule has 2 unspecified atom stereocenters. The molecule has 3 rings (SSSR count). The third-order valence-electron chi connectivity index (χ3n) is 3.76. The second-order valence-electron chi connectivity index (χ2n) is 5.06. The molecule has 0 bridgehead atoms. The summed E-state index contributed by atoms with van der Waals surface area (Å²) in [5.41, 5.74) is 1.90. The molecule has 1 saturated heterocycles. The van der Waals surface area contributed by atoms with Crippen LogP contribution in [0.5, 0.6) is 0 Å². The van der Waals surface area contributed by atoms with Gasteiger partial charge in [-0.05, 0) is 35.4 Å². The van der Waals surface area contributed by atoms with E-state index in [1.54, 1.807) is 12.1 Å². The maximum Gasteiger partial charge on any atom is 0.228 e. The smallest absolute Gasteiger partial charge is 0.228 e. The van der Waals surface area contributed by atoms with E-state index in [2.05, 4.69) is 5.32 Å². The highest BCUT2D eigenvalue weighted by Crippen LogP contribution is 2.39. The number of rotatable bonds is 2. The van der Waals surface area contributed by atoms with Crippen molar-refractivity contribution in [1.82, 2.24) is 5.32 Å². The van der Waals surface area contributed by atoms with Gasteiger partial charge in [-0.25, -0.2) is 0 Å². The van der Waals surface area contributed by atoms with Crippen LogP contribution in [0.2, 0.25) is 15.1 Å². The van der Waals surface area contributed by atoms with Crippen molar-refractivity contribution >= 4 is 40.7 Å². The van der Waals surface area contributed by atoms with Gasteiger partial charge < -0.3 is 5.32 Å². The summed E-state index contributed by atoms with van der Waals surface area (Å²) in [5, 5.41) is 4.52. The fourth-order valence-corrected chi connectivity index (χ4v) is 3.26. The first-order chi connectivity index (χ1) is 10.1. The van der Waals surface area contributed by atoms with Gasteiger partial charge in [-0.15, -0.1) is 0 Å². The van der Waals surface area contributed by atoms with E-state index in [0.29, 0.717) is 21.6 Å². The lowest BCUT2D eigenvalue weighted by molar-refractivity contribution is -0.120. The van der Waals surface area contributed by atoms with Crippen molar-refractivity contribution in [1.29, 1.82) is 0 Å². The number of hydrogen-bond donors (Lipinski definition) is 1. The third-order valence-corrected chi connectivity index (χ3v) is 4.73. The molecule has 1 aliphatic heterocycles. The molecule has 0 saturated carbocycles. The van der Waals surface area contributed by atoms with E-state index in [9.17, 15) is 4.79 Å². The van der Waals surface area contributed by atoms with Crippen LogP contribution in [0.25, 0.3) is 0 Å². The Hall–Kier alpha value is -1.22. The molecule has 21 heavy (non-hydrogen) atoms. The third kappa shape index (κ3) is 2.89. The van der Waals surface area contributed by atoms with Crippen LogP contribution in [-0.4, -0.2) is 12.5 Å². The molecule has 1 aliphatic rings. The zero-order chi connectivity index (χ0) is 15.0. The lowest BCUT2D eigenvalue weighted by Gasteiger charge is -2.18. The van der Waals surface area contributed by atoms with Crippen LogP contribution in [0.15, 0.2) is 42.5 Å². The van der Waals surface area contributed by atoms with Crippen LogP contribution in [0.3, 0.4) is 0 Å². The Morgan fingerprint density at radius 1 is 0.952 bits per heavy atom. The average Bonchev–Trinajstić information content (AvgIpc) is 2.84. The molecule has 2 aromatic rings. The molecule has 0 aliphatic carbocycles. The summed E-state index contributed by atoms with van der Waals surface area (Å²) in [4.78, 5) is 12.2. The molecular formula is C16H12Cl3NO. The molecule has 1 fully saturated rings. The second kappa shape index (κ2) is 5.88. The van der Waals surface area contributed by atoms with Gasteiger partial charge in [0, 0.05) is 17.5 Å². The van der Waals surface area contributed by atoms with Crippen LogP contribution >= 0.6 is 34.8 Å². The standard InChI is InChI=1S/C16H12Cl3NO/c17-11-3-1-2-9(6-11)12-8-20-16(21)15(12)10-4-5-13(18)14(19)7-10/h1-7,12,15H,8H2,(H,20,21). The number of amides is 1. The number of carbonyl (C=O) groups is 1. The number of halogens is 3. The zero-order valence-corrected chi connectivity index (χ0v) is 13.2. The molecule has 2 aromatic carbocycles. The van der Waals surface area contributed by atoms with E-state index in [4.69, 9.17) is 34.8 Å². The number of benzene rings is 2. The first-order valence-electron chi connectivity index (χ1n) is 6.54. The Kier molecular flexibility index (Phi) is 4.12. The summed E-state index contributed by atoms with van der Waals surface area (Å²) >= 11 is 18.1. The largest absolute Gasteiger partial charge is 0.355 e. The topological polar surface area (TPSA) is 29.1 Å². The minimum absolute atomic E-state index is 0.00151. The van der Waals surface area contributed by atoms with Gasteiger partial charge in [-0.3, -0.25) is 4.79 Å².